The predicted molar refractivity (Wildman–Crippen MR) is 91.6 cm³/mol. The van der Waals surface area contributed by atoms with E-state index in [1.165, 1.54) is 70.3 Å². The lowest BCUT2D eigenvalue weighted by molar-refractivity contribution is 0.0473. The van der Waals surface area contributed by atoms with Crippen LogP contribution in [0.4, 0.5) is 0 Å². The van der Waals surface area contributed by atoms with Crippen molar-refractivity contribution in [2.24, 2.45) is 5.92 Å². The second kappa shape index (κ2) is 8.05. The van der Waals surface area contributed by atoms with E-state index in [0.29, 0.717) is 5.54 Å². The maximum absolute atomic E-state index is 3.96. The van der Waals surface area contributed by atoms with Crippen LogP contribution in [0, 0.1) is 5.92 Å². The molecule has 3 heteroatoms. The van der Waals surface area contributed by atoms with Crippen LogP contribution in [-0.2, 0) is 0 Å². The summed E-state index contributed by atoms with van der Waals surface area (Å²) < 4.78 is 0. The molecular formula is C17H34N2S. The molecule has 0 aromatic carbocycles. The number of hydrogen-bond donors (Lipinski definition) is 1. The fourth-order valence-corrected chi connectivity index (χ4v) is 4.47. The number of piperazine rings is 1. The number of nitrogens with one attached hydrogen (secondary N) is 1. The van der Waals surface area contributed by atoms with E-state index in [1.54, 1.807) is 0 Å². The number of thioether (sulfide) groups is 1. The van der Waals surface area contributed by atoms with Gasteiger partial charge in [-0.25, -0.2) is 0 Å². The van der Waals surface area contributed by atoms with Gasteiger partial charge in [-0.05, 0) is 50.2 Å². The van der Waals surface area contributed by atoms with Crippen molar-refractivity contribution in [1.29, 1.82) is 0 Å². The summed E-state index contributed by atoms with van der Waals surface area (Å²) >= 11 is 1.99. The lowest BCUT2D eigenvalue weighted by Crippen LogP contribution is -2.65. The lowest BCUT2D eigenvalue weighted by atomic mass is 9.79. The van der Waals surface area contributed by atoms with Crippen LogP contribution in [0.3, 0.4) is 0 Å². The Balaban J connectivity index is 1.94. The number of rotatable bonds is 6. The molecule has 0 aromatic rings. The molecule has 1 N–H and O–H groups in total. The average Bonchev–Trinajstić information content (AvgIpc) is 2.43. The Labute approximate surface area is 130 Å². The van der Waals surface area contributed by atoms with Gasteiger partial charge in [0.25, 0.3) is 0 Å². The zero-order chi connectivity index (χ0) is 14.4. The van der Waals surface area contributed by atoms with Gasteiger partial charge >= 0.3 is 0 Å². The highest BCUT2D eigenvalue weighted by Crippen LogP contribution is 2.33. The van der Waals surface area contributed by atoms with Crippen molar-refractivity contribution in [3.05, 3.63) is 0 Å². The molecule has 0 aromatic heterocycles. The van der Waals surface area contributed by atoms with Crippen molar-refractivity contribution in [1.82, 2.24) is 10.2 Å². The van der Waals surface area contributed by atoms with Crippen LogP contribution in [0.25, 0.3) is 0 Å². The molecule has 2 nitrogen and oxygen atoms in total. The van der Waals surface area contributed by atoms with E-state index in [0.717, 1.165) is 12.0 Å². The number of nitrogens with zero attached hydrogens (tertiary/aromatic N) is 1. The minimum absolute atomic E-state index is 0.463. The second-order valence-corrected chi connectivity index (χ2v) is 8.31. The molecule has 1 aliphatic heterocycles. The molecule has 1 heterocycles. The van der Waals surface area contributed by atoms with E-state index in [4.69, 9.17) is 0 Å². The van der Waals surface area contributed by atoms with E-state index in [1.807, 2.05) is 11.8 Å². The molecule has 1 atom stereocenters. The Morgan fingerprint density at radius 2 is 2.00 bits per heavy atom. The van der Waals surface area contributed by atoms with Gasteiger partial charge in [-0.15, -0.1) is 0 Å². The summed E-state index contributed by atoms with van der Waals surface area (Å²) in [6.07, 6.45) is 12.0. The molecule has 2 fully saturated rings. The molecule has 1 saturated carbocycles. The minimum atomic E-state index is 0.463. The summed E-state index contributed by atoms with van der Waals surface area (Å²) in [7, 11) is 0. The van der Waals surface area contributed by atoms with Crippen LogP contribution < -0.4 is 5.32 Å². The maximum Gasteiger partial charge on any atom is 0.0309 e. The second-order valence-electron chi connectivity index (χ2n) is 7.32. The molecule has 1 spiro atoms. The first-order valence-electron chi connectivity index (χ1n) is 8.63. The Hall–Kier alpha value is 0.270. The highest BCUT2D eigenvalue weighted by molar-refractivity contribution is 7.98. The standard InChI is InChI=1S/C17H34N2S/c1-15(2)12-16-13-18-17(8-5-4-6-9-17)14-19(16)10-7-11-20-3/h15-16,18H,4-14H2,1-3H3. The van der Waals surface area contributed by atoms with E-state index < -0.39 is 0 Å². The normalized spacial score (nSPS) is 27.3. The predicted octanol–water partition coefficient (Wildman–Crippen LogP) is 3.76. The largest absolute Gasteiger partial charge is 0.308 e. The third-order valence-electron chi connectivity index (χ3n) is 5.08. The molecular weight excluding hydrogens is 264 g/mol. The van der Waals surface area contributed by atoms with E-state index in [-0.39, 0.29) is 0 Å². The molecule has 1 saturated heterocycles. The quantitative estimate of drug-likeness (QED) is 0.752. The molecule has 2 rings (SSSR count). The molecule has 1 aliphatic carbocycles. The monoisotopic (exact) mass is 298 g/mol. The van der Waals surface area contributed by atoms with E-state index in [9.17, 15) is 0 Å². The first kappa shape index (κ1) is 16.6. The Morgan fingerprint density at radius 1 is 1.25 bits per heavy atom. The molecule has 0 bridgehead atoms. The van der Waals surface area contributed by atoms with Crippen LogP contribution in [0.1, 0.15) is 58.8 Å². The molecule has 20 heavy (non-hydrogen) atoms. The molecule has 118 valence electrons. The Morgan fingerprint density at radius 3 is 2.65 bits per heavy atom. The van der Waals surface area contributed by atoms with Gasteiger partial charge in [0.2, 0.25) is 0 Å². The third kappa shape index (κ3) is 4.64. The molecule has 1 unspecified atom stereocenters. The molecule has 0 radical (unpaired) electrons. The van der Waals surface area contributed by atoms with Crippen molar-refractivity contribution < 1.29 is 0 Å². The fourth-order valence-electron chi connectivity index (χ4n) is 4.05. The van der Waals surface area contributed by atoms with Gasteiger partial charge in [-0.2, -0.15) is 11.8 Å². The summed E-state index contributed by atoms with van der Waals surface area (Å²) in [6, 6.07) is 0.768. The average molecular weight is 299 g/mol. The Bertz CT molecular complexity index is 274. The summed E-state index contributed by atoms with van der Waals surface area (Å²) in [6.45, 7) is 8.56. The van der Waals surface area contributed by atoms with Gasteiger partial charge in [0, 0.05) is 24.7 Å². The fraction of sp³-hybridized carbons (Fsp3) is 1.00. The van der Waals surface area contributed by atoms with Crippen molar-refractivity contribution in [3.8, 4) is 0 Å². The minimum Gasteiger partial charge on any atom is -0.308 e. The van der Waals surface area contributed by atoms with Gasteiger partial charge in [-0.3, -0.25) is 4.90 Å². The molecule has 0 amide bonds. The van der Waals surface area contributed by atoms with E-state index in [2.05, 4.69) is 30.3 Å². The van der Waals surface area contributed by atoms with Gasteiger partial charge in [0.1, 0.15) is 0 Å². The van der Waals surface area contributed by atoms with Gasteiger partial charge in [-0.1, -0.05) is 33.1 Å². The smallest absolute Gasteiger partial charge is 0.0309 e. The maximum atomic E-state index is 3.96. The number of hydrogen-bond acceptors (Lipinski definition) is 3. The van der Waals surface area contributed by atoms with Crippen LogP contribution >= 0.6 is 11.8 Å². The summed E-state index contributed by atoms with van der Waals surface area (Å²) in [5, 5.41) is 3.96. The van der Waals surface area contributed by atoms with Crippen LogP contribution in [0.15, 0.2) is 0 Å². The zero-order valence-corrected chi connectivity index (χ0v) is 14.6. The first-order chi connectivity index (χ1) is 9.65. The van der Waals surface area contributed by atoms with Crippen LogP contribution in [0.2, 0.25) is 0 Å². The van der Waals surface area contributed by atoms with Crippen molar-refractivity contribution in [3.63, 3.8) is 0 Å². The van der Waals surface area contributed by atoms with Crippen LogP contribution in [0.5, 0.6) is 0 Å². The van der Waals surface area contributed by atoms with Gasteiger partial charge in [0.05, 0.1) is 0 Å². The van der Waals surface area contributed by atoms with Gasteiger partial charge in [0.15, 0.2) is 0 Å². The van der Waals surface area contributed by atoms with Gasteiger partial charge < -0.3 is 5.32 Å². The summed E-state index contributed by atoms with van der Waals surface area (Å²) in [4.78, 5) is 2.83. The third-order valence-corrected chi connectivity index (χ3v) is 5.78. The van der Waals surface area contributed by atoms with Crippen molar-refractivity contribution in [2.75, 3.05) is 31.6 Å². The van der Waals surface area contributed by atoms with Crippen LogP contribution in [-0.4, -0.2) is 48.1 Å². The topological polar surface area (TPSA) is 15.3 Å². The first-order valence-corrected chi connectivity index (χ1v) is 10.0. The highest BCUT2D eigenvalue weighted by Gasteiger charge is 2.39. The van der Waals surface area contributed by atoms with E-state index >= 15 is 0 Å². The SMILES string of the molecule is CSCCCN1CC2(CCCCC2)NCC1CC(C)C. The zero-order valence-electron chi connectivity index (χ0n) is 13.8. The highest BCUT2D eigenvalue weighted by atomic mass is 32.2. The Kier molecular flexibility index (Phi) is 6.70. The summed E-state index contributed by atoms with van der Waals surface area (Å²) in [5.74, 6) is 2.12. The van der Waals surface area contributed by atoms with Crippen molar-refractivity contribution >= 4 is 11.8 Å². The lowest BCUT2D eigenvalue weighted by Gasteiger charge is -2.50. The molecule has 2 aliphatic rings. The van der Waals surface area contributed by atoms with Crippen molar-refractivity contribution in [2.45, 2.75) is 70.4 Å². The summed E-state index contributed by atoms with van der Waals surface area (Å²) in [5.41, 5.74) is 0.463.